The molecule has 3 heteroatoms. The van der Waals surface area contributed by atoms with E-state index in [2.05, 4.69) is 18.7 Å². The Hall–Kier alpha value is -0.120. The van der Waals surface area contributed by atoms with Crippen molar-refractivity contribution in [2.24, 2.45) is 11.7 Å². The maximum atomic E-state index is 9.30. The molecule has 18 heavy (non-hydrogen) atoms. The summed E-state index contributed by atoms with van der Waals surface area (Å²) in [6.45, 7) is 8.14. The lowest BCUT2D eigenvalue weighted by molar-refractivity contribution is 0.172. The lowest BCUT2D eigenvalue weighted by atomic mass is 9.92. The lowest BCUT2D eigenvalue weighted by Crippen LogP contribution is -2.43. The standard InChI is InChI=1S/C15H32N2O/c1-3-14-7-5-10-17(12-8-14)11-6-9-15(16,4-2)13-18/h14,18H,3-13,16H2,1-2H3. The molecule has 0 aromatic rings. The lowest BCUT2D eigenvalue weighted by Gasteiger charge is -2.27. The molecule has 2 atom stereocenters. The first-order valence-corrected chi connectivity index (χ1v) is 7.75. The van der Waals surface area contributed by atoms with Gasteiger partial charge >= 0.3 is 0 Å². The summed E-state index contributed by atoms with van der Waals surface area (Å²) in [5.74, 6) is 0.941. The summed E-state index contributed by atoms with van der Waals surface area (Å²) in [6, 6.07) is 0. The highest BCUT2D eigenvalue weighted by molar-refractivity contribution is 4.82. The van der Waals surface area contributed by atoms with Gasteiger partial charge in [-0.3, -0.25) is 0 Å². The van der Waals surface area contributed by atoms with E-state index in [-0.39, 0.29) is 12.1 Å². The Labute approximate surface area is 113 Å². The highest BCUT2D eigenvalue weighted by atomic mass is 16.3. The van der Waals surface area contributed by atoms with Gasteiger partial charge in [-0.25, -0.2) is 0 Å². The van der Waals surface area contributed by atoms with Crippen LogP contribution in [0.25, 0.3) is 0 Å². The van der Waals surface area contributed by atoms with Gasteiger partial charge in [0, 0.05) is 5.54 Å². The van der Waals surface area contributed by atoms with Gasteiger partial charge in [0.05, 0.1) is 6.61 Å². The van der Waals surface area contributed by atoms with E-state index < -0.39 is 0 Å². The van der Waals surface area contributed by atoms with Gasteiger partial charge in [-0.2, -0.15) is 0 Å². The van der Waals surface area contributed by atoms with E-state index in [4.69, 9.17) is 5.73 Å². The van der Waals surface area contributed by atoms with Gasteiger partial charge < -0.3 is 15.7 Å². The van der Waals surface area contributed by atoms with Gasteiger partial charge in [0.2, 0.25) is 0 Å². The molecule has 1 aliphatic rings. The molecule has 108 valence electrons. The Morgan fingerprint density at radius 2 is 2.06 bits per heavy atom. The van der Waals surface area contributed by atoms with E-state index in [9.17, 15) is 5.11 Å². The fourth-order valence-corrected chi connectivity index (χ4v) is 2.88. The summed E-state index contributed by atoms with van der Waals surface area (Å²) in [5.41, 5.74) is 5.77. The Morgan fingerprint density at radius 3 is 2.67 bits per heavy atom. The van der Waals surface area contributed by atoms with Gasteiger partial charge in [-0.1, -0.05) is 20.3 Å². The molecular weight excluding hydrogens is 224 g/mol. The second-order valence-corrected chi connectivity index (χ2v) is 6.02. The normalized spacial score (nSPS) is 25.7. The third-order valence-corrected chi connectivity index (χ3v) is 4.69. The van der Waals surface area contributed by atoms with Crippen LogP contribution < -0.4 is 5.73 Å². The molecule has 0 aromatic heterocycles. The van der Waals surface area contributed by atoms with Crippen LogP contribution in [-0.2, 0) is 0 Å². The first-order valence-electron chi connectivity index (χ1n) is 7.75. The fraction of sp³-hybridized carbons (Fsp3) is 1.00. The fourth-order valence-electron chi connectivity index (χ4n) is 2.88. The molecule has 3 N–H and O–H groups in total. The van der Waals surface area contributed by atoms with Crippen LogP contribution in [0.1, 0.15) is 58.8 Å². The summed E-state index contributed by atoms with van der Waals surface area (Å²) in [5, 5.41) is 9.30. The van der Waals surface area contributed by atoms with Crippen LogP contribution >= 0.6 is 0 Å². The molecule has 1 saturated heterocycles. The van der Waals surface area contributed by atoms with Crippen molar-refractivity contribution in [2.45, 2.75) is 64.3 Å². The van der Waals surface area contributed by atoms with Crippen LogP contribution in [0.5, 0.6) is 0 Å². The summed E-state index contributed by atoms with van der Waals surface area (Å²) in [4.78, 5) is 2.59. The minimum absolute atomic E-state index is 0.113. The van der Waals surface area contributed by atoms with Crippen LogP contribution in [0.4, 0.5) is 0 Å². The van der Waals surface area contributed by atoms with Crippen molar-refractivity contribution in [3.63, 3.8) is 0 Å². The smallest absolute Gasteiger partial charge is 0.0611 e. The van der Waals surface area contributed by atoms with Gasteiger partial charge in [0.1, 0.15) is 0 Å². The number of likely N-dealkylation sites (tertiary alicyclic amines) is 1. The molecule has 0 aromatic carbocycles. The maximum absolute atomic E-state index is 9.30. The number of aliphatic hydroxyl groups excluding tert-OH is 1. The van der Waals surface area contributed by atoms with E-state index in [0.717, 1.165) is 31.7 Å². The minimum Gasteiger partial charge on any atom is -0.394 e. The molecule has 0 saturated carbocycles. The summed E-state index contributed by atoms with van der Waals surface area (Å²) < 4.78 is 0. The van der Waals surface area contributed by atoms with Crippen LogP contribution in [0.2, 0.25) is 0 Å². The SMILES string of the molecule is CCC1CCCN(CCCC(N)(CC)CO)CC1. The van der Waals surface area contributed by atoms with E-state index in [1.165, 1.54) is 38.8 Å². The Kier molecular flexibility index (Phi) is 7.20. The van der Waals surface area contributed by atoms with Crippen molar-refractivity contribution in [3.8, 4) is 0 Å². The Bertz CT molecular complexity index is 217. The zero-order chi connectivity index (χ0) is 13.4. The van der Waals surface area contributed by atoms with Gasteiger partial charge in [0.15, 0.2) is 0 Å². The highest BCUT2D eigenvalue weighted by Crippen LogP contribution is 2.21. The highest BCUT2D eigenvalue weighted by Gasteiger charge is 2.22. The quantitative estimate of drug-likeness (QED) is 0.735. The van der Waals surface area contributed by atoms with E-state index in [1.807, 2.05) is 0 Å². The molecule has 0 aliphatic carbocycles. The second kappa shape index (κ2) is 8.13. The van der Waals surface area contributed by atoms with Crippen molar-refractivity contribution in [3.05, 3.63) is 0 Å². The summed E-state index contributed by atoms with van der Waals surface area (Å²) in [6.07, 6.45) is 8.36. The molecule has 1 heterocycles. The van der Waals surface area contributed by atoms with Gasteiger partial charge in [0.25, 0.3) is 0 Å². The van der Waals surface area contributed by atoms with Crippen molar-refractivity contribution >= 4 is 0 Å². The third kappa shape index (κ3) is 5.25. The number of nitrogens with two attached hydrogens (primary N) is 1. The number of nitrogens with zero attached hydrogens (tertiary/aromatic N) is 1. The van der Waals surface area contributed by atoms with E-state index in [0.29, 0.717) is 0 Å². The van der Waals surface area contributed by atoms with Gasteiger partial charge in [-0.15, -0.1) is 0 Å². The zero-order valence-electron chi connectivity index (χ0n) is 12.3. The molecule has 1 aliphatic heterocycles. The number of rotatable bonds is 7. The minimum atomic E-state index is -0.349. The average Bonchev–Trinajstić information content (AvgIpc) is 2.63. The van der Waals surface area contributed by atoms with Gasteiger partial charge in [-0.05, 0) is 64.1 Å². The first-order chi connectivity index (χ1) is 8.63. The van der Waals surface area contributed by atoms with Crippen molar-refractivity contribution < 1.29 is 5.11 Å². The van der Waals surface area contributed by atoms with E-state index >= 15 is 0 Å². The van der Waals surface area contributed by atoms with Crippen LogP contribution in [0.15, 0.2) is 0 Å². The summed E-state index contributed by atoms with van der Waals surface area (Å²) >= 11 is 0. The molecule has 3 nitrogen and oxygen atoms in total. The first kappa shape index (κ1) is 15.9. The Balaban J connectivity index is 2.23. The number of hydrogen-bond acceptors (Lipinski definition) is 3. The maximum Gasteiger partial charge on any atom is 0.0611 e. The van der Waals surface area contributed by atoms with Crippen molar-refractivity contribution in [1.29, 1.82) is 0 Å². The molecule has 0 spiro atoms. The largest absolute Gasteiger partial charge is 0.394 e. The van der Waals surface area contributed by atoms with Crippen LogP contribution in [0, 0.1) is 5.92 Å². The third-order valence-electron chi connectivity index (χ3n) is 4.69. The molecule has 2 unspecified atom stereocenters. The zero-order valence-corrected chi connectivity index (χ0v) is 12.3. The number of aliphatic hydroxyl groups is 1. The predicted molar refractivity (Wildman–Crippen MR) is 77.6 cm³/mol. The molecule has 0 amide bonds. The van der Waals surface area contributed by atoms with Crippen molar-refractivity contribution in [1.82, 2.24) is 4.90 Å². The van der Waals surface area contributed by atoms with Crippen molar-refractivity contribution in [2.75, 3.05) is 26.2 Å². The topological polar surface area (TPSA) is 49.5 Å². The average molecular weight is 256 g/mol. The van der Waals surface area contributed by atoms with Crippen LogP contribution in [0.3, 0.4) is 0 Å². The molecule has 0 bridgehead atoms. The molecule has 1 rings (SSSR count). The molecule has 0 radical (unpaired) electrons. The van der Waals surface area contributed by atoms with E-state index in [1.54, 1.807) is 0 Å². The predicted octanol–water partition coefficient (Wildman–Crippen LogP) is 2.38. The Morgan fingerprint density at radius 1 is 1.28 bits per heavy atom. The molecule has 1 fully saturated rings. The summed E-state index contributed by atoms with van der Waals surface area (Å²) in [7, 11) is 0. The van der Waals surface area contributed by atoms with Crippen LogP contribution in [-0.4, -0.2) is 41.8 Å². The second-order valence-electron chi connectivity index (χ2n) is 6.02. The monoisotopic (exact) mass is 256 g/mol. The molecular formula is C15H32N2O. The number of hydrogen-bond donors (Lipinski definition) is 2.